The quantitative estimate of drug-likeness (QED) is 0.248. The molecule has 1 aromatic heterocycles. The molecule has 2 aliphatic heterocycles. The van der Waals surface area contributed by atoms with Crippen molar-refractivity contribution < 1.29 is 23.3 Å². The molecule has 6 nitrogen and oxygen atoms in total. The van der Waals surface area contributed by atoms with Crippen LogP contribution < -0.4 is 0 Å². The van der Waals surface area contributed by atoms with E-state index in [9.17, 15) is 18.8 Å². The monoisotopic (exact) mass is 538 g/mol. The minimum atomic E-state index is -0.512. The van der Waals surface area contributed by atoms with Crippen LogP contribution in [0.5, 0.6) is 0 Å². The van der Waals surface area contributed by atoms with E-state index in [2.05, 4.69) is 0 Å². The van der Waals surface area contributed by atoms with Crippen molar-refractivity contribution in [2.75, 3.05) is 33.2 Å². The minimum absolute atomic E-state index is 0.126. The topological polar surface area (TPSA) is 59.4 Å². The van der Waals surface area contributed by atoms with E-state index in [1.54, 1.807) is 22.9 Å². The lowest BCUT2D eigenvalue weighted by Gasteiger charge is -2.34. The number of carbonyl (C=O) groups excluding carboxylic acids is 3. The Morgan fingerprint density at radius 2 is 1.66 bits per heavy atom. The van der Waals surface area contributed by atoms with Crippen LogP contribution in [0.4, 0.5) is 4.39 Å². The highest BCUT2D eigenvalue weighted by Crippen LogP contribution is 2.31. The first kappa shape index (κ1) is 26.6. The number of nitrogens with zero attached hydrogens (tertiary/aromatic N) is 3. The first-order valence-corrected chi connectivity index (χ1v) is 13.8. The number of amides is 2. The third-order valence-corrected chi connectivity index (χ3v) is 8.69. The zero-order valence-corrected chi connectivity index (χ0v) is 22.8. The molecule has 2 saturated heterocycles. The Bertz CT molecular complexity index is 1380. The number of halogens is 2. The fourth-order valence-corrected chi connectivity index (χ4v) is 6.22. The van der Waals surface area contributed by atoms with E-state index < -0.39 is 11.7 Å². The number of hydrogen-bond acceptors (Lipinski definition) is 3. The molecule has 0 aliphatic carbocycles. The standard InChI is InChI=1S/C30H34ClFN3O3/c1-33-19-25(28(36)30(38)35(2)14-4-3-5-15-35)23-17-24(26(31)18-27(23)33)29(37)34-12-10-21(11-13-34)16-20-6-8-22(32)9-7-20/h6-9,17-19,21H,3-5,10-16H2,1-2H3/q+1. The number of aryl methyl sites for hydroxylation is 1. The summed E-state index contributed by atoms with van der Waals surface area (Å²) in [6, 6.07) is 10.00. The highest BCUT2D eigenvalue weighted by atomic mass is 35.5. The fourth-order valence-electron chi connectivity index (χ4n) is 5.99. The molecule has 3 heterocycles. The van der Waals surface area contributed by atoms with Gasteiger partial charge in [0, 0.05) is 31.7 Å². The Kier molecular flexibility index (Phi) is 7.43. The molecule has 0 N–H and O–H groups in total. The summed E-state index contributed by atoms with van der Waals surface area (Å²) in [6.07, 6.45) is 7.17. The lowest BCUT2D eigenvalue weighted by Crippen LogP contribution is -2.55. The van der Waals surface area contributed by atoms with E-state index in [-0.39, 0.29) is 16.2 Å². The Balaban J connectivity index is 1.34. The van der Waals surface area contributed by atoms with Crippen LogP contribution in [0.15, 0.2) is 42.6 Å². The lowest BCUT2D eigenvalue weighted by atomic mass is 9.90. The largest absolute Gasteiger partial charge is 0.386 e. The normalized spacial score (nSPS) is 18.1. The number of fused-ring (bicyclic) bond motifs is 1. The van der Waals surface area contributed by atoms with Gasteiger partial charge in [-0.1, -0.05) is 23.7 Å². The zero-order chi connectivity index (χ0) is 27.0. The van der Waals surface area contributed by atoms with E-state index in [0.29, 0.717) is 59.1 Å². The van der Waals surface area contributed by atoms with Gasteiger partial charge in [0.15, 0.2) is 0 Å². The number of likely N-dealkylation sites (N-methyl/N-ethyl adjacent to an activating group) is 1. The molecule has 0 unspecified atom stereocenters. The number of hydrogen-bond donors (Lipinski definition) is 0. The molecule has 0 atom stereocenters. The van der Waals surface area contributed by atoms with Gasteiger partial charge in [0.25, 0.3) is 11.7 Å². The molecular weight excluding hydrogens is 505 g/mol. The van der Waals surface area contributed by atoms with Crippen molar-refractivity contribution in [1.29, 1.82) is 0 Å². The van der Waals surface area contributed by atoms with Crippen molar-refractivity contribution in [3.8, 4) is 0 Å². The maximum Gasteiger partial charge on any atom is 0.386 e. The van der Waals surface area contributed by atoms with Gasteiger partial charge in [-0.3, -0.25) is 14.1 Å². The van der Waals surface area contributed by atoms with Crippen LogP contribution >= 0.6 is 11.6 Å². The first-order chi connectivity index (χ1) is 18.2. The number of likely N-dealkylation sites (tertiary alicyclic amines) is 2. The van der Waals surface area contributed by atoms with Crippen LogP contribution in [0.25, 0.3) is 10.9 Å². The number of benzene rings is 2. The minimum Gasteiger partial charge on any atom is -0.350 e. The molecule has 0 radical (unpaired) electrons. The van der Waals surface area contributed by atoms with Gasteiger partial charge in [-0.2, -0.15) is 0 Å². The van der Waals surface area contributed by atoms with Gasteiger partial charge in [-0.15, -0.1) is 0 Å². The number of piperidine rings is 2. The molecule has 2 amide bonds. The van der Waals surface area contributed by atoms with Crippen LogP contribution in [-0.4, -0.2) is 64.8 Å². The highest BCUT2D eigenvalue weighted by molar-refractivity contribution is 6.43. The second-order valence-corrected chi connectivity index (χ2v) is 11.5. The zero-order valence-electron chi connectivity index (χ0n) is 22.0. The lowest BCUT2D eigenvalue weighted by molar-refractivity contribution is -0.836. The van der Waals surface area contributed by atoms with Crippen molar-refractivity contribution in [3.63, 3.8) is 0 Å². The van der Waals surface area contributed by atoms with E-state index in [4.69, 9.17) is 11.6 Å². The Morgan fingerprint density at radius 3 is 2.32 bits per heavy atom. The number of ketones is 1. The Hall–Kier alpha value is -3.03. The van der Waals surface area contributed by atoms with Gasteiger partial charge < -0.3 is 9.47 Å². The SMILES string of the molecule is Cn1cc(C(=O)C(=O)[N+]2(C)CCCCC2)c2cc(C(=O)N3CCC(Cc4ccc(F)cc4)CC3)c(Cl)cc21. The summed E-state index contributed by atoms with van der Waals surface area (Å²) >= 11 is 6.59. The number of rotatable bonds is 5. The van der Waals surface area contributed by atoms with Crippen LogP contribution in [0.1, 0.15) is 58.4 Å². The predicted molar refractivity (Wildman–Crippen MR) is 146 cm³/mol. The molecule has 38 heavy (non-hydrogen) atoms. The van der Waals surface area contributed by atoms with E-state index >= 15 is 0 Å². The smallest absolute Gasteiger partial charge is 0.350 e. The van der Waals surface area contributed by atoms with Gasteiger partial charge in [0.05, 0.1) is 41.8 Å². The average molecular weight is 539 g/mol. The number of aromatic nitrogens is 1. The third kappa shape index (κ3) is 5.14. The summed E-state index contributed by atoms with van der Waals surface area (Å²) in [4.78, 5) is 42.0. The number of quaternary nitrogens is 1. The number of Topliss-reactive ketones (excluding diaryl/α,β-unsaturated/α-hetero) is 1. The highest BCUT2D eigenvalue weighted by Gasteiger charge is 2.40. The van der Waals surface area contributed by atoms with Crippen molar-refractivity contribution in [2.45, 2.75) is 38.5 Å². The van der Waals surface area contributed by atoms with Crippen molar-refractivity contribution >= 4 is 40.1 Å². The summed E-state index contributed by atoms with van der Waals surface area (Å²) in [5.41, 5.74) is 2.48. The first-order valence-electron chi connectivity index (χ1n) is 13.4. The van der Waals surface area contributed by atoms with Gasteiger partial charge in [-0.25, -0.2) is 9.18 Å². The van der Waals surface area contributed by atoms with Crippen LogP contribution in [0, 0.1) is 11.7 Å². The van der Waals surface area contributed by atoms with Crippen molar-refractivity contribution in [1.82, 2.24) is 9.47 Å². The van der Waals surface area contributed by atoms with Gasteiger partial charge >= 0.3 is 5.91 Å². The maximum atomic E-state index is 13.5. The average Bonchev–Trinajstić information content (AvgIpc) is 3.24. The molecule has 2 aliphatic rings. The summed E-state index contributed by atoms with van der Waals surface area (Å²) in [7, 11) is 3.65. The number of carbonyl (C=O) groups is 3. The summed E-state index contributed by atoms with van der Waals surface area (Å²) < 4.78 is 15.1. The molecule has 3 aromatic rings. The summed E-state index contributed by atoms with van der Waals surface area (Å²) in [5.74, 6) is -0.893. The maximum absolute atomic E-state index is 13.5. The van der Waals surface area contributed by atoms with E-state index in [0.717, 1.165) is 44.1 Å². The van der Waals surface area contributed by atoms with Crippen LogP contribution in [-0.2, 0) is 18.3 Å². The Morgan fingerprint density at radius 1 is 1.00 bits per heavy atom. The van der Waals surface area contributed by atoms with Gasteiger partial charge in [0.1, 0.15) is 5.82 Å². The molecule has 8 heteroatoms. The molecule has 200 valence electrons. The van der Waals surface area contributed by atoms with Crippen LogP contribution in [0.3, 0.4) is 0 Å². The Labute approximate surface area is 227 Å². The second kappa shape index (κ2) is 10.6. The predicted octanol–water partition coefficient (Wildman–Crippen LogP) is 5.41. The van der Waals surface area contributed by atoms with Crippen molar-refractivity contribution in [2.24, 2.45) is 13.0 Å². The van der Waals surface area contributed by atoms with E-state index in [1.807, 2.05) is 31.1 Å². The third-order valence-electron chi connectivity index (χ3n) is 8.38. The summed E-state index contributed by atoms with van der Waals surface area (Å²) in [5, 5.41) is 0.908. The molecular formula is C30H34ClFN3O3+. The molecule has 0 saturated carbocycles. The molecule has 2 fully saturated rings. The molecule has 2 aromatic carbocycles. The fraction of sp³-hybridized carbons (Fsp3) is 0.433. The summed E-state index contributed by atoms with van der Waals surface area (Å²) in [6.45, 7) is 2.55. The van der Waals surface area contributed by atoms with Crippen LogP contribution in [0.2, 0.25) is 5.02 Å². The van der Waals surface area contributed by atoms with Crippen molar-refractivity contribution in [3.05, 3.63) is 70.1 Å². The van der Waals surface area contributed by atoms with Gasteiger partial charge in [0.2, 0.25) is 0 Å². The molecule has 0 spiro atoms. The van der Waals surface area contributed by atoms with Gasteiger partial charge in [-0.05, 0) is 74.3 Å². The second-order valence-electron chi connectivity index (χ2n) is 11.1. The molecule has 0 bridgehead atoms. The molecule has 5 rings (SSSR count). The van der Waals surface area contributed by atoms with E-state index in [1.165, 1.54) is 12.1 Å².